The van der Waals surface area contributed by atoms with Gasteiger partial charge in [-0.1, -0.05) is 30.3 Å². The predicted octanol–water partition coefficient (Wildman–Crippen LogP) is 1.66. The van der Waals surface area contributed by atoms with Gasteiger partial charge in [-0.15, -0.1) is 0 Å². The first-order chi connectivity index (χ1) is 9.70. The lowest BCUT2D eigenvalue weighted by molar-refractivity contribution is -0.124. The molecule has 1 aromatic carbocycles. The highest BCUT2D eigenvalue weighted by Crippen LogP contribution is 2.21. The van der Waals surface area contributed by atoms with Gasteiger partial charge < -0.3 is 15.2 Å². The second-order valence-corrected chi connectivity index (χ2v) is 5.36. The van der Waals surface area contributed by atoms with Gasteiger partial charge in [0.2, 0.25) is 5.91 Å². The predicted molar refractivity (Wildman–Crippen MR) is 77.3 cm³/mol. The van der Waals surface area contributed by atoms with Crippen molar-refractivity contribution in [1.29, 1.82) is 0 Å². The third-order valence-corrected chi connectivity index (χ3v) is 3.93. The fraction of sp³-hybridized carbons (Fsp3) is 0.562. The molecule has 1 aliphatic rings. The fourth-order valence-corrected chi connectivity index (χ4v) is 2.74. The molecule has 0 bridgehead atoms. The minimum absolute atomic E-state index is 0.00495. The fourth-order valence-electron chi connectivity index (χ4n) is 2.74. The van der Waals surface area contributed by atoms with Crippen molar-refractivity contribution < 1.29 is 14.6 Å². The van der Waals surface area contributed by atoms with Crippen LogP contribution in [0.2, 0.25) is 0 Å². The van der Waals surface area contributed by atoms with Gasteiger partial charge in [-0.25, -0.2) is 0 Å². The molecule has 4 heteroatoms. The van der Waals surface area contributed by atoms with E-state index >= 15 is 0 Å². The van der Waals surface area contributed by atoms with Gasteiger partial charge in [0, 0.05) is 13.5 Å². The monoisotopic (exact) mass is 277 g/mol. The number of amides is 1. The molecule has 3 atom stereocenters. The quantitative estimate of drug-likeness (QED) is 0.860. The number of carbonyl (C=O) groups is 1. The summed E-state index contributed by atoms with van der Waals surface area (Å²) in [5.74, 6) is -0.00495. The van der Waals surface area contributed by atoms with Gasteiger partial charge in [-0.05, 0) is 31.2 Å². The molecule has 20 heavy (non-hydrogen) atoms. The summed E-state index contributed by atoms with van der Waals surface area (Å²) in [6.45, 7) is 0. The Labute approximate surface area is 120 Å². The Morgan fingerprint density at radius 3 is 2.80 bits per heavy atom. The number of benzene rings is 1. The Kier molecular flexibility index (Phi) is 5.56. The van der Waals surface area contributed by atoms with Crippen LogP contribution in [0.4, 0.5) is 0 Å². The summed E-state index contributed by atoms with van der Waals surface area (Å²) in [5, 5.41) is 13.1. The number of aliphatic hydroxyl groups excluding tert-OH is 1. The van der Waals surface area contributed by atoms with Crippen molar-refractivity contribution in [1.82, 2.24) is 5.32 Å². The zero-order valence-corrected chi connectivity index (χ0v) is 11.9. The van der Waals surface area contributed by atoms with Crippen molar-refractivity contribution in [3.8, 4) is 0 Å². The molecule has 0 saturated heterocycles. The van der Waals surface area contributed by atoms with Crippen molar-refractivity contribution in [2.75, 3.05) is 7.11 Å². The lowest BCUT2D eigenvalue weighted by Gasteiger charge is -2.34. The van der Waals surface area contributed by atoms with Crippen LogP contribution in [-0.4, -0.2) is 36.4 Å². The molecule has 2 N–H and O–H groups in total. The van der Waals surface area contributed by atoms with Gasteiger partial charge in [0.05, 0.1) is 12.1 Å². The molecule has 1 fully saturated rings. The molecule has 1 amide bonds. The Hall–Kier alpha value is -1.39. The summed E-state index contributed by atoms with van der Waals surface area (Å²) in [7, 11) is 1.60. The largest absolute Gasteiger partial charge is 0.388 e. The molecule has 0 unspecified atom stereocenters. The summed E-state index contributed by atoms with van der Waals surface area (Å²) in [6.07, 6.45) is 3.05. The molecule has 0 aliphatic heterocycles. The van der Waals surface area contributed by atoms with Crippen LogP contribution in [-0.2, 0) is 16.0 Å². The molecule has 2 rings (SSSR count). The third-order valence-electron chi connectivity index (χ3n) is 3.93. The van der Waals surface area contributed by atoms with Crippen LogP contribution in [0.25, 0.3) is 0 Å². The lowest BCUT2D eigenvalue weighted by atomic mass is 9.89. The smallest absolute Gasteiger partial charge is 0.220 e. The maximum Gasteiger partial charge on any atom is 0.220 e. The second-order valence-electron chi connectivity index (χ2n) is 5.36. The number of nitrogens with one attached hydrogen (secondary N) is 1. The van der Waals surface area contributed by atoms with Crippen molar-refractivity contribution in [2.24, 2.45) is 0 Å². The van der Waals surface area contributed by atoms with Gasteiger partial charge in [0.15, 0.2) is 0 Å². The SMILES string of the molecule is CO[C@@H]1CCC[C@@H](NC(=O)CCc2ccccc2)[C@H]1O. The molecule has 4 nitrogen and oxygen atoms in total. The summed E-state index contributed by atoms with van der Waals surface area (Å²) in [6, 6.07) is 9.76. The normalized spacial score (nSPS) is 26.2. The van der Waals surface area contributed by atoms with Crippen LogP contribution >= 0.6 is 0 Å². The van der Waals surface area contributed by atoms with Crippen molar-refractivity contribution in [2.45, 2.75) is 50.4 Å². The zero-order chi connectivity index (χ0) is 14.4. The number of hydrogen-bond donors (Lipinski definition) is 2. The molecule has 0 aromatic heterocycles. The summed E-state index contributed by atoms with van der Waals surface area (Å²) in [5.41, 5.74) is 1.15. The van der Waals surface area contributed by atoms with Crippen molar-refractivity contribution in [3.63, 3.8) is 0 Å². The number of aryl methyl sites for hydroxylation is 1. The summed E-state index contributed by atoms with van der Waals surface area (Å²) >= 11 is 0. The standard InChI is InChI=1S/C16H23NO3/c1-20-14-9-5-8-13(16(14)19)17-15(18)11-10-12-6-3-2-4-7-12/h2-4,6-7,13-14,16,19H,5,8-11H2,1H3,(H,17,18)/t13-,14-,16-/m1/s1. The number of rotatable bonds is 5. The molecule has 0 spiro atoms. The Morgan fingerprint density at radius 1 is 1.35 bits per heavy atom. The summed E-state index contributed by atoms with van der Waals surface area (Å²) in [4.78, 5) is 12.0. The highest BCUT2D eigenvalue weighted by atomic mass is 16.5. The van der Waals surface area contributed by atoms with E-state index in [4.69, 9.17) is 4.74 Å². The van der Waals surface area contributed by atoms with Crippen LogP contribution < -0.4 is 5.32 Å². The van der Waals surface area contributed by atoms with Gasteiger partial charge in [0.25, 0.3) is 0 Å². The first-order valence-corrected chi connectivity index (χ1v) is 7.25. The topological polar surface area (TPSA) is 58.6 Å². The number of methoxy groups -OCH3 is 1. The van der Waals surface area contributed by atoms with Crippen LogP contribution in [0.1, 0.15) is 31.2 Å². The van der Waals surface area contributed by atoms with Crippen LogP contribution in [0.5, 0.6) is 0 Å². The van der Waals surface area contributed by atoms with E-state index in [1.807, 2.05) is 30.3 Å². The minimum Gasteiger partial charge on any atom is -0.388 e. The average molecular weight is 277 g/mol. The molecule has 1 aromatic rings. The zero-order valence-electron chi connectivity index (χ0n) is 11.9. The van der Waals surface area contributed by atoms with Crippen molar-refractivity contribution in [3.05, 3.63) is 35.9 Å². The third kappa shape index (κ3) is 4.05. The molecule has 1 saturated carbocycles. The first kappa shape index (κ1) is 15.0. The molecule has 110 valence electrons. The molecule has 0 heterocycles. The van der Waals surface area contributed by atoms with E-state index in [9.17, 15) is 9.90 Å². The van der Waals surface area contributed by atoms with Crippen LogP contribution in [0.15, 0.2) is 30.3 Å². The highest BCUT2D eigenvalue weighted by molar-refractivity contribution is 5.76. The summed E-state index contributed by atoms with van der Waals surface area (Å²) < 4.78 is 5.24. The second kappa shape index (κ2) is 7.41. The number of ether oxygens (including phenoxy) is 1. The van der Waals surface area contributed by atoms with E-state index in [2.05, 4.69) is 5.32 Å². The van der Waals surface area contributed by atoms with Crippen LogP contribution in [0.3, 0.4) is 0 Å². The van der Waals surface area contributed by atoms with E-state index in [0.717, 1.165) is 31.2 Å². The van der Waals surface area contributed by atoms with Crippen LogP contribution in [0, 0.1) is 0 Å². The minimum atomic E-state index is -0.602. The van der Waals surface area contributed by atoms with Gasteiger partial charge in [0.1, 0.15) is 6.10 Å². The maximum atomic E-state index is 12.0. The van der Waals surface area contributed by atoms with E-state index in [1.54, 1.807) is 7.11 Å². The molecule has 0 radical (unpaired) electrons. The molecular weight excluding hydrogens is 254 g/mol. The average Bonchev–Trinajstić information content (AvgIpc) is 2.48. The Balaban J connectivity index is 1.79. The van der Waals surface area contributed by atoms with Gasteiger partial charge in [-0.2, -0.15) is 0 Å². The maximum absolute atomic E-state index is 12.0. The number of carbonyl (C=O) groups excluding carboxylic acids is 1. The molecular formula is C16H23NO3. The number of hydrogen-bond acceptors (Lipinski definition) is 3. The number of aliphatic hydroxyl groups is 1. The Bertz CT molecular complexity index is 421. The first-order valence-electron chi connectivity index (χ1n) is 7.25. The van der Waals surface area contributed by atoms with Crippen molar-refractivity contribution >= 4 is 5.91 Å². The molecule has 1 aliphatic carbocycles. The van der Waals surface area contributed by atoms with E-state index in [1.165, 1.54) is 0 Å². The van der Waals surface area contributed by atoms with E-state index in [-0.39, 0.29) is 18.1 Å². The van der Waals surface area contributed by atoms with Gasteiger partial charge >= 0.3 is 0 Å². The highest BCUT2D eigenvalue weighted by Gasteiger charge is 2.32. The van der Waals surface area contributed by atoms with E-state index < -0.39 is 6.10 Å². The lowest BCUT2D eigenvalue weighted by Crippen LogP contribution is -2.51. The van der Waals surface area contributed by atoms with E-state index in [0.29, 0.717) is 6.42 Å². The van der Waals surface area contributed by atoms with Gasteiger partial charge in [-0.3, -0.25) is 4.79 Å². The Morgan fingerprint density at radius 2 is 2.10 bits per heavy atom.